The number of nitrogens with zero attached hydrogens (tertiary/aromatic N) is 1. The number of carbonyl (C=O) groups excluding carboxylic acids is 1. The first-order chi connectivity index (χ1) is 7.36. The van der Waals surface area contributed by atoms with Gasteiger partial charge in [0.15, 0.2) is 0 Å². The lowest BCUT2D eigenvalue weighted by Gasteiger charge is -2.20. The van der Waals surface area contributed by atoms with Gasteiger partial charge in [0.1, 0.15) is 0 Å². The molecule has 15 heavy (non-hydrogen) atoms. The summed E-state index contributed by atoms with van der Waals surface area (Å²) in [5.41, 5.74) is 0. The minimum atomic E-state index is 0.263. The van der Waals surface area contributed by atoms with Crippen molar-refractivity contribution in [2.45, 2.75) is 19.3 Å². The van der Waals surface area contributed by atoms with Crippen LogP contribution in [0.1, 0.15) is 19.3 Å². The third-order valence-electron chi connectivity index (χ3n) is 3.10. The van der Waals surface area contributed by atoms with Crippen molar-refractivity contribution in [1.82, 2.24) is 15.5 Å². The van der Waals surface area contributed by atoms with Gasteiger partial charge in [0, 0.05) is 19.6 Å². The van der Waals surface area contributed by atoms with Crippen LogP contribution in [0.15, 0.2) is 0 Å². The number of carbonyl (C=O) groups is 1. The van der Waals surface area contributed by atoms with Gasteiger partial charge in [0.2, 0.25) is 5.91 Å². The predicted octanol–water partition coefficient (Wildman–Crippen LogP) is -0.192. The van der Waals surface area contributed by atoms with Gasteiger partial charge in [-0.15, -0.1) is 0 Å². The van der Waals surface area contributed by atoms with E-state index in [0.29, 0.717) is 6.54 Å². The van der Waals surface area contributed by atoms with Crippen molar-refractivity contribution in [3.8, 4) is 0 Å². The van der Waals surface area contributed by atoms with Crippen molar-refractivity contribution >= 4 is 5.91 Å². The smallest absolute Gasteiger partial charge is 0.236 e. The molecule has 1 saturated carbocycles. The van der Waals surface area contributed by atoms with Gasteiger partial charge in [-0.2, -0.15) is 0 Å². The summed E-state index contributed by atoms with van der Waals surface area (Å²) in [4.78, 5) is 13.8. The van der Waals surface area contributed by atoms with Crippen LogP contribution in [0, 0.1) is 5.92 Å². The SMILES string of the molecule is O=C(CNCC1CC1)N1CCCNCC1. The van der Waals surface area contributed by atoms with Gasteiger partial charge < -0.3 is 15.5 Å². The second-order valence-electron chi connectivity index (χ2n) is 4.56. The molecule has 1 amide bonds. The van der Waals surface area contributed by atoms with Crippen molar-refractivity contribution < 1.29 is 4.79 Å². The molecule has 0 radical (unpaired) electrons. The Balaban J connectivity index is 1.63. The Bertz CT molecular complexity index is 208. The summed E-state index contributed by atoms with van der Waals surface area (Å²) in [6.45, 7) is 5.31. The average molecular weight is 211 g/mol. The molecule has 0 aromatic rings. The molecule has 1 heterocycles. The Kier molecular flexibility index (Phi) is 3.97. The normalized spacial score (nSPS) is 22.5. The van der Waals surface area contributed by atoms with Crippen LogP contribution in [0.2, 0.25) is 0 Å². The molecule has 1 aliphatic heterocycles. The minimum Gasteiger partial charge on any atom is -0.340 e. The van der Waals surface area contributed by atoms with Crippen LogP contribution in [0.3, 0.4) is 0 Å². The van der Waals surface area contributed by atoms with Crippen LogP contribution in [-0.2, 0) is 4.79 Å². The molecule has 1 aliphatic carbocycles. The first kappa shape index (κ1) is 10.9. The Hall–Kier alpha value is -0.610. The van der Waals surface area contributed by atoms with Crippen molar-refractivity contribution in [3.05, 3.63) is 0 Å². The summed E-state index contributed by atoms with van der Waals surface area (Å²) in [5.74, 6) is 1.11. The van der Waals surface area contributed by atoms with Crippen LogP contribution in [-0.4, -0.2) is 50.1 Å². The number of rotatable bonds is 4. The van der Waals surface area contributed by atoms with Crippen molar-refractivity contribution in [2.75, 3.05) is 39.3 Å². The second kappa shape index (κ2) is 5.47. The highest BCUT2D eigenvalue weighted by molar-refractivity contribution is 5.78. The van der Waals surface area contributed by atoms with Crippen LogP contribution in [0.4, 0.5) is 0 Å². The Labute approximate surface area is 91.4 Å². The number of hydrogen-bond acceptors (Lipinski definition) is 3. The van der Waals surface area contributed by atoms with Gasteiger partial charge in [0.05, 0.1) is 6.54 Å². The highest BCUT2D eigenvalue weighted by atomic mass is 16.2. The molecule has 0 spiro atoms. The molecule has 1 saturated heterocycles. The lowest BCUT2D eigenvalue weighted by Crippen LogP contribution is -2.40. The molecule has 2 N–H and O–H groups in total. The largest absolute Gasteiger partial charge is 0.340 e. The van der Waals surface area contributed by atoms with Gasteiger partial charge in [-0.3, -0.25) is 4.79 Å². The Morgan fingerprint density at radius 2 is 2.20 bits per heavy atom. The monoisotopic (exact) mass is 211 g/mol. The van der Waals surface area contributed by atoms with Crippen molar-refractivity contribution in [2.24, 2.45) is 5.92 Å². The van der Waals surface area contributed by atoms with Crippen LogP contribution >= 0.6 is 0 Å². The van der Waals surface area contributed by atoms with E-state index in [1.54, 1.807) is 0 Å². The fourth-order valence-corrected chi connectivity index (χ4v) is 1.91. The minimum absolute atomic E-state index is 0.263. The quantitative estimate of drug-likeness (QED) is 0.677. The maximum absolute atomic E-state index is 11.8. The zero-order valence-corrected chi connectivity index (χ0v) is 9.30. The number of nitrogens with one attached hydrogen (secondary N) is 2. The molecule has 0 unspecified atom stereocenters. The number of hydrogen-bond donors (Lipinski definition) is 2. The average Bonchev–Trinajstić information content (AvgIpc) is 3.04. The summed E-state index contributed by atoms with van der Waals surface area (Å²) in [6.07, 6.45) is 3.76. The van der Waals surface area contributed by atoms with E-state index in [9.17, 15) is 4.79 Å². The van der Waals surface area contributed by atoms with Crippen molar-refractivity contribution in [3.63, 3.8) is 0 Å². The summed E-state index contributed by atoms with van der Waals surface area (Å²) in [7, 11) is 0. The van der Waals surface area contributed by atoms with E-state index in [-0.39, 0.29) is 5.91 Å². The van der Waals surface area contributed by atoms with Gasteiger partial charge in [-0.05, 0) is 38.3 Å². The molecule has 0 aromatic heterocycles. The molecule has 4 heteroatoms. The van der Waals surface area contributed by atoms with E-state index in [4.69, 9.17) is 0 Å². The first-order valence-electron chi connectivity index (χ1n) is 6.05. The number of amides is 1. The third kappa shape index (κ3) is 3.80. The molecule has 4 nitrogen and oxygen atoms in total. The lowest BCUT2D eigenvalue weighted by molar-refractivity contribution is -0.130. The maximum atomic E-state index is 11.8. The van der Waals surface area contributed by atoms with Crippen molar-refractivity contribution in [1.29, 1.82) is 0 Å². The van der Waals surface area contributed by atoms with E-state index >= 15 is 0 Å². The van der Waals surface area contributed by atoms with E-state index in [0.717, 1.165) is 45.1 Å². The molecular weight excluding hydrogens is 190 g/mol. The standard InChI is InChI=1S/C11H21N3O/c15-11(9-13-8-10-2-3-10)14-6-1-4-12-5-7-14/h10,12-13H,1-9H2. The zero-order chi connectivity index (χ0) is 10.5. The third-order valence-corrected chi connectivity index (χ3v) is 3.10. The molecule has 0 atom stereocenters. The summed E-state index contributed by atoms with van der Waals surface area (Å²) >= 11 is 0. The van der Waals surface area contributed by atoms with Gasteiger partial charge >= 0.3 is 0 Å². The summed E-state index contributed by atoms with van der Waals surface area (Å²) < 4.78 is 0. The first-order valence-corrected chi connectivity index (χ1v) is 6.05. The Morgan fingerprint density at radius 1 is 1.33 bits per heavy atom. The molecule has 2 aliphatic rings. The highest BCUT2D eigenvalue weighted by Gasteiger charge is 2.21. The molecule has 2 fully saturated rings. The Morgan fingerprint density at radius 3 is 3.00 bits per heavy atom. The maximum Gasteiger partial charge on any atom is 0.236 e. The summed E-state index contributed by atoms with van der Waals surface area (Å²) in [6, 6.07) is 0. The van der Waals surface area contributed by atoms with Crippen LogP contribution < -0.4 is 10.6 Å². The van der Waals surface area contributed by atoms with Gasteiger partial charge in [0.25, 0.3) is 0 Å². The molecule has 0 aromatic carbocycles. The summed E-state index contributed by atoms with van der Waals surface area (Å²) in [5, 5.41) is 6.56. The fraction of sp³-hybridized carbons (Fsp3) is 0.909. The zero-order valence-electron chi connectivity index (χ0n) is 9.30. The molecule has 2 rings (SSSR count). The lowest BCUT2D eigenvalue weighted by atomic mass is 10.3. The molecule has 0 bridgehead atoms. The van der Waals surface area contributed by atoms with E-state index in [1.807, 2.05) is 4.90 Å². The predicted molar refractivity (Wildman–Crippen MR) is 59.7 cm³/mol. The molecule has 86 valence electrons. The molecular formula is C11H21N3O. The van der Waals surface area contributed by atoms with E-state index in [2.05, 4.69) is 10.6 Å². The van der Waals surface area contributed by atoms with Crippen LogP contribution in [0.5, 0.6) is 0 Å². The fourth-order valence-electron chi connectivity index (χ4n) is 1.91. The van der Waals surface area contributed by atoms with Gasteiger partial charge in [-0.1, -0.05) is 0 Å². The van der Waals surface area contributed by atoms with Crippen LogP contribution in [0.25, 0.3) is 0 Å². The highest BCUT2D eigenvalue weighted by Crippen LogP contribution is 2.27. The topological polar surface area (TPSA) is 44.4 Å². The van der Waals surface area contributed by atoms with E-state index in [1.165, 1.54) is 12.8 Å². The van der Waals surface area contributed by atoms with E-state index < -0.39 is 0 Å². The second-order valence-corrected chi connectivity index (χ2v) is 4.56. The van der Waals surface area contributed by atoms with Gasteiger partial charge in [-0.25, -0.2) is 0 Å².